The van der Waals surface area contributed by atoms with Crippen molar-refractivity contribution >= 4 is 63.8 Å². The minimum Gasteiger partial charge on any atom is -0.481 e. The molecule has 3 aromatic carbocycles. The summed E-state index contributed by atoms with van der Waals surface area (Å²) in [6.07, 6.45) is -0.211. The largest absolute Gasteiger partial charge is 0.481 e. The molecule has 0 aromatic heterocycles. The van der Waals surface area contributed by atoms with E-state index < -0.39 is 89.8 Å². The number of aliphatic carboxylic acids is 2. The Morgan fingerprint density at radius 2 is 1.58 bits per heavy atom. The van der Waals surface area contributed by atoms with Crippen LogP contribution >= 0.6 is 0 Å². The van der Waals surface area contributed by atoms with Crippen molar-refractivity contribution in [3.63, 3.8) is 0 Å². The molecule has 1 saturated heterocycles. The second-order valence-corrected chi connectivity index (χ2v) is 16.1. The predicted octanol–water partition coefficient (Wildman–Crippen LogP) is 3.05. The van der Waals surface area contributed by atoms with Crippen LogP contribution in [0.25, 0.3) is 10.8 Å². The van der Waals surface area contributed by atoms with E-state index in [0.29, 0.717) is 23.2 Å². The van der Waals surface area contributed by atoms with Crippen LogP contribution in [0.1, 0.15) is 69.8 Å². The molecule has 0 saturated carbocycles. The zero-order valence-electron chi connectivity index (χ0n) is 34.2. The van der Waals surface area contributed by atoms with Gasteiger partial charge in [0, 0.05) is 31.4 Å². The lowest BCUT2D eigenvalue weighted by Gasteiger charge is -2.33. The van der Waals surface area contributed by atoms with Gasteiger partial charge in [0.15, 0.2) is 0 Å². The first-order valence-corrected chi connectivity index (χ1v) is 19.5. The quantitative estimate of drug-likeness (QED) is 0.110. The van der Waals surface area contributed by atoms with Crippen molar-refractivity contribution in [2.24, 2.45) is 17.3 Å². The van der Waals surface area contributed by atoms with E-state index in [1.54, 1.807) is 58.0 Å². The first-order chi connectivity index (χ1) is 27.8. The molecule has 2 unspecified atom stereocenters. The van der Waals surface area contributed by atoms with Crippen LogP contribution in [0.3, 0.4) is 0 Å². The number of likely N-dealkylation sites (N-methyl/N-ethyl adjacent to an activating group) is 1. The molecule has 3 aromatic rings. The molecule has 6 amide bonds. The van der Waals surface area contributed by atoms with Gasteiger partial charge in [-0.3, -0.25) is 38.4 Å². The second kappa shape index (κ2) is 19.9. The predicted molar refractivity (Wildman–Crippen MR) is 219 cm³/mol. The fraction of sp³-hybridized carbons (Fsp3) is 0.442. The summed E-state index contributed by atoms with van der Waals surface area (Å²) in [6.45, 7) is 8.08. The number of amides is 6. The summed E-state index contributed by atoms with van der Waals surface area (Å²) in [5.74, 6) is -7.36. The maximum Gasteiger partial charge on any atom is 0.308 e. The summed E-state index contributed by atoms with van der Waals surface area (Å²) in [7, 11) is 1.25. The number of likely N-dealkylation sites (tertiary alicyclic amines) is 1. The van der Waals surface area contributed by atoms with E-state index in [4.69, 9.17) is 0 Å². The molecular formula is C43H54N6O10. The fourth-order valence-electron chi connectivity index (χ4n) is 6.94. The van der Waals surface area contributed by atoms with Crippen LogP contribution in [0.5, 0.6) is 0 Å². The Morgan fingerprint density at radius 1 is 0.915 bits per heavy atom. The van der Waals surface area contributed by atoms with Crippen LogP contribution in [-0.4, -0.2) is 112 Å². The van der Waals surface area contributed by atoms with Gasteiger partial charge in [-0.25, -0.2) is 0 Å². The average Bonchev–Trinajstić information content (AvgIpc) is 3.51. The zero-order chi connectivity index (χ0) is 43.6. The number of carbonyl (C=O) groups excluding carboxylic acids is 6. The van der Waals surface area contributed by atoms with Crippen LogP contribution < -0.4 is 21.3 Å². The number of benzene rings is 3. The summed E-state index contributed by atoms with van der Waals surface area (Å²) < 4.78 is 0. The lowest BCUT2D eigenvalue weighted by molar-refractivity contribution is -0.146. The number of carboxylic acid groups (broad SMARTS) is 2. The van der Waals surface area contributed by atoms with Gasteiger partial charge < -0.3 is 41.3 Å². The molecule has 0 bridgehead atoms. The molecule has 0 spiro atoms. The molecule has 1 aliphatic rings. The van der Waals surface area contributed by atoms with E-state index in [1.165, 1.54) is 11.9 Å². The molecule has 16 heteroatoms. The highest BCUT2D eigenvalue weighted by Gasteiger charge is 2.43. The van der Waals surface area contributed by atoms with Crippen LogP contribution in [0.4, 0.5) is 5.69 Å². The third-order valence-corrected chi connectivity index (χ3v) is 10.5. The molecule has 1 heterocycles. The van der Waals surface area contributed by atoms with Crippen molar-refractivity contribution in [2.45, 2.75) is 78.4 Å². The van der Waals surface area contributed by atoms with E-state index in [-0.39, 0.29) is 31.8 Å². The monoisotopic (exact) mass is 814 g/mol. The minimum absolute atomic E-state index is 0.0563. The molecule has 4 rings (SSSR count). The minimum atomic E-state index is -1.59. The number of carbonyl (C=O) groups is 8. The SMILES string of the molecule is CC[C@H](C)C(C(=O)N[C@@H](CC(=O)O)C(=O)N(C)CC(=O)NC[C@@H](C(=O)O)C(C)(C)C)N1CCC(NC(=O)Cc2ccc(NC(=O)c3ccc4ccccc4c3)cc2)C1=O. The molecule has 59 heavy (non-hydrogen) atoms. The van der Waals surface area contributed by atoms with Crippen molar-refractivity contribution in [2.75, 3.05) is 32.0 Å². The number of carboxylic acids is 2. The number of hydrogen-bond donors (Lipinski definition) is 6. The summed E-state index contributed by atoms with van der Waals surface area (Å²) in [6, 6.07) is 16.3. The highest BCUT2D eigenvalue weighted by molar-refractivity contribution is 6.06. The normalized spacial score (nSPS) is 16.0. The van der Waals surface area contributed by atoms with Crippen LogP contribution in [0, 0.1) is 17.3 Å². The first-order valence-electron chi connectivity index (χ1n) is 19.5. The van der Waals surface area contributed by atoms with Gasteiger partial charge in [0.2, 0.25) is 29.5 Å². The van der Waals surface area contributed by atoms with Gasteiger partial charge in [0.25, 0.3) is 5.91 Å². The standard InChI is InChI=1S/C43H54N6O10/c1-7-25(2)37(39(55)47-33(22-36(52)53)40(56)48(6)24-35(51)44-23-31(42(58)59)43(3,4)5)49-19-18-32(41(49)57)46-34(50)20-26-12-16-30(17-13-26)45-38(54)29-15-14-27-10-8-9-11-28(27)21-29/h8-17,21,25,31-33,37H,7,18-20,22-24H2,1-6H3,(H,44,51)(H,45,54)(H,46,50)(H,47,55)(H,52,53)(H,58,59)/t25-,31-,32?,33-,37?/m0/s1. The Labute approximate surface area is 343 Å². The molecule has 5 atom stereocenters. The van der Waals surface area contributed by atoms with Gasteiger partial charge in [0.1, 0.15) is 18.1 Å². The van der Waals surface area contributed by atoms with Crippen molar-refractivity contribution in [1.82, 2.24) is 25.8 Å². The zero-order valence-corrected chi connectivity index (χ0v) is 34.2. The van der Waals surface area contributed by atoms with Gasteiger partial charge in [0.05, 0.1) is 25.3 Å². The second-order valence-electron chi connectivity index (χ2n) is 16.1. The number of fused-ring (bicyclic) bond motifs is 1. The van der Waals surface area contributed by atoms with Crippen molar-refractivity contribution < 1.29 is 48.6 Å². The summed E-state index contributed by atoms with van der Waals surface area (Å²) in [5.41, 5.74) is 1.01. The summed E-state index contributed by atoms with van der Waals surface area (Å²) in [5, 5.41) is 31.7. The van der Waals surface area contributed by atoms with Gasteiger partial charge in [-0.15, -0.1) is 0 Å². The molecule has 0 radical (unpaired) electrons. The van der Waals surface area contributed by atoms with E-state index >= 15 is 0 Å². The van der Waals surface area contributed by atoms with E-state index in [1.807, 2.05) is 43.3 Å². The Kier molecular flexibility index (Phi) is 15.3. The molecule has 0 aliphatic carbocycles. The molecule has 316 valence electrons. The lowest BCUT2D eigenvalue weighted by atomic mass is 9.81. The average molecular weight is 815 g/mol. The Bertz CT molecular complexity index is 2060. The van der Waals surface area contributed by atoms with Crippen molar-refractivity contribution in [3.8, 4) is 0 Å². The van der Waals surface area contributed by atoms with Crippen LogP contribution in [0.15, 0.2) is 66.7 Å². The Hall–Kier alpha value is -6.32. The van der Waals surface area contributed by atoms with E-state index in [2.05, 4.69) is 21.3 Å². The number of hydrogen-bond acceptors (Lipinski definition) is 8. The van der Waals surface area contributed by atoms with Gasteiger partial charge >= 0.3 is 11.9 Å². The highest BCUT2D eigenvalue weighted by Crippen LogP contribution is 2.26. The van der Waals surface area contributed by atoms with E-state index in [0.717, 1.165) is 15.7 Å². The fourth-order valence-corrected chi connectivity index (χ4v) is 6.94. The maximum atomic E-state index is 13.8. The molecule has 16 nitrogen and oxygen atoms in total. The van der Waals surface area contributed by atoms with Gasteiger partial charge in [-0.05, 0) is 58.4 Å². The highest BCUT2D eigenvalue weighted by atomic mass is 16.4. The first kappa shape index (κ1) is 45.4. The molecule has 1 aliphatic heterocycles. The number of anilines is 1. The van der Waals surface area contributed by atoms with Crippen LogP contribution in [0.2, 0.25) is 0 Å². The third kappa shape index (κ3) is 12.3. The van der Waals surface area contributed by atoms with Gasteiger partial charge in [-0.2, -0.15) is 0 Å². The number of nitrogens with one attached hydrogen (secondary N) is 4. The molecular weight excluding hydrogens is 761 g/mol. The Balaban J connectivity index is 1.34. The molecule has 6 N–H and O–H groups in total. The lowest BCUT2D eigenvalue weighted by Crippen LogP contribution is -2.58. The van der Waals surface area contributed by atoms with Crippen molar-refractivity contribution in [3.05, 3.63) is 77.9 Å². The summed E-state index contributed by atoms with van der Waals surface area (Å²) in [4.78, 5) is 105. The van der Waals surface area contributed by atoms with E-state index in [9.17, 15) is 48.6 Å². The van der Waals surface area contributed by atoms with Crippen molar-refractivity contribution in [1.29, 1.82) is 0 Å². The molecule has 1 fully saturated rings. The maximum absolute atomic E-state index is 13.8. The summed E-state index contributed by atoms with van der Waals surface area (Å²) >= 11 is 0. The Morgan fingerprint density at radius 3 is 2.19 bits per heavy atom. The number of nitrogens with zero attached hydrogens (tertiary/aromatic N) is 2. The van der Waals surface area contributed by atoms with Gasteiger partial charge in [-0.1, -0.05) is 83.5 Å². The topological polar surface area (TPSA) is 232 Å². The number of rotatable bonds is 18. The van der Waals surface area contributed by atoms with Crippen LogP contribution in [-0.2, 0) is 40.0 Å². The third-order valence-electron chi connectivity index (χ3n) is 10.5. The smallest absolute Gasteiger partial charge is 0.308 e.